The third-order valence-electron chi connectivity index (χ3n) is 3.10. The largest absolute Gasteiger partial charge is 0.479 e. The molecule has 120 valence electrons. The summed E-state index contributed by atoms with van der Waals surface area (Å²) in [6.45, 7) is 2.99. The Hall–Kier alpha value is -2.40. The standard InChI is InChI=1S/C17H15ClFNO3/c1-10(21)12-4-3-5-14(8-12)20-17(22)11(2)23-16-7-6-13(19)9-15(16)18/h3-9,11H,1-2H3,(H,20,22). The van der Waals surface area contributed by atoms with E-state index in [2.05, 4.69) is 5.32 Å². The van der Waals surface area contributed by atoms with Crippen molar-refractivity contribution in [3.63, 3.8) is 0 Å². The van der Waals surface area contributed by atoms with E-state index >= 15 is 0 Å². The molecule has 2 aromatic rings. The zero-order chi connectivity index (χ0) is 17.0. The fourth-order valence-corrected chi connectivity index (χ4v) is 2.09. The van der Waals surface area contributed by atoms with Crippen LogP contribution in [0.3, 0.4) is 0 Å². The summed E-state index contributed by atoms with van der Waals surface area (Å²) in [6.07, 6.45) is -0.848. The molecule has 4 nitrogen and oxygen atoms in total. The number of amides is 1. The molecule has 1 unspecified atom stereocenters. The summed E-state index contributed by atoms with van der Waals surface area (Å²) in [5, 5.41) is 2.74. The van der Waals surface area contributed by atoms with Gasteiger partial charge in [0.2, 0.25) is 0 Å². The predicted octanol–water partition coefficient (Wildman–Crippen LogP) is 4.09. The van der Waals surface area contributed by atoms with Crippen LogP contribution >= 0.6 is 11.6 Å². The van der Waals surface area contributed by atoms with E-state index in [4.69, 9.17) is 16.3 Å². The zero-order valence-electron chi connectivity index (χ0n) is 12.6. The number of hydrogen-bond donors (Lipinski definition) is 1. The molecule has 0 spiro atoms. The first-order valence-corrected chi connectivity index (χ1v) is 7.28. The summed E-state index contributed by atoms with van der Waals surface area (Å²) in [6, 6.07) is 10.3. The molecule has 0 saturated carbocycles. The van der Waals surface area contributed by atoms with Crippen LogP contribution in [-0.4, -0.2) is 17.8 Å². The fourth-order valence-electron chi connectivity index (χ4n) is 1.87. The molecule has 0 saturated heterocycles. The van der Waals surface area contributed by atoms with Crippen LogP contribution in [0.2, 0.25) is 5.02 Å². The van der Waals surface area contributed by atoms with Crippen LogP contribution in [-0.2, 0) is 4.79 Å². The summed E-state index contributed by atoms with van der Waals surface area (Å²) in [5.41, 5.74) is 0.987. The Morgan fingerprint density at radius 1 is 1.22 bits per heavy atom. The quantitative estimate of drug-likeness (QED) is 0.837. The molecule has 23 heavy (non-hydrogen) atoms. The van der Waals surface area contributed by atoms with Crippen molar-refractivity contribution in [1.82, 2.24) is 0 Å². The normalized spacial score (nSPS) is 11.7. The van der Waals surface area contributed by atoms with Crippen molar-refractivity contribution in [3.8, 4) is 5.75 Å². The molecule has 2 aromatic carbocycles. The molecule has 0 fully saturated rings. The third-order valence-corrected chi connectivity index (χ3v) is 3.40. The Morgan fingerprint density at radius 3 is 2.61 bits per heavy atom. The number of benzene rings is 2. The van der Waals surface area contributed by atoms with Crippen LogP contribution in [0.1, 0.15) is 24.2 Å². The Morgan fingerprint density at radius 2 is 1.96 bits per heavy atom. The van der Waals surface area contributed by atoms with Gasteiger partial charge in [-0.05, 0) is 44.2 Å². The minimum absolute atomic E-state index is 0.0863. The molecule has 0 aliphatic carbocycles. The second-order valence-corrected chi connectivity index (χ2v) is 5.37. The number of ketones is 1. The molecule has 0 bridgehead atoms. The van der Waals surface area contributed by atoms with Crippen molar-refractivity contribution >= 4 is 29.0 Å². The van der Waals surface area contributed by atoms with Gasteiger partial charge in [-0.1, -0.05) is 23.7 Å². The van der Waals surface area contributed by atoms with Gasteiger partial charge in [-0.15, -0.1) is 0 Å². The minimum Gasteiger partial charge on any atom is -0.479 e. The Labute approximate surface area is 138 Å². The highest BCUT2D eigenvalue weighted by atomic mass is 35.5. The molecule has 0 radical (unpaired) electrons. The van der Waals surface area contributed by atoms with E-state index in [1.165, 1.54) is 19.1 Å². The lowest BCUT2D eigenvalue weighted by atomic mass is 10.1. The second-order valence-electron chi connectivity index (χ2n) is 4.96. The fraction of sp³-hybridized carbons (Fsp3) is 0.176. The van der Waals surface area contributed by atoms with Crippen LogP contribution in [0.5, 0.6) is 5.75 Å². The smallest absolute Gasteiger partial charge is 0.265 e. The Kier molecular flexibility index (Phi) is 5.34. The van der Waals surface area contributed by atoms with Crippen molar-refractivity contribution in [3.05, 3.63) is 58.9 Å². The highest BCUT2D eigenvalue weighted by Crippen LogP contribution is 2.26. The van der Waals surface area contributed by atoms with E-state index in [9.17, 15) is 14.0 Å². The van der Waals surface area contributed by atoms with Gasteiger partial charge in [-0.3, -0.25) is 9.59 Å². The van der Waals surface area contributed by atoms with Gasteiger partial charge in [-0.25, -0.2) is 4.39 Å². The van der Waals surface area contributed by atoms with E-state index < -0.39 is 17.8 Å². The predicted molar refractivity (Wildman–Crippen MR) is 86.6 cm³/mol. The maximum atomic E-state index is 13.0. The Bertz CT molecular complexity index is 748. The van der Waals surface area contributed by atoms with Gasteiger partial charge in [0, 0.05) is 11.3 Å². The van der Waals surface area contributed by atoms with E-state index in [1.54, 1.807) is 31.2 Å². The number of ether oxygens (including phenoxy) is 1. The molecule has 0 aromatic heterocycles. The molecule has 0 aliphatic rings. The lowest BCUT2D eigenvalue weighted by molar-refractivity contribution is -0.122. The molecule has 6 heteroatoms. The lowest BCUT2D eigenvalue weighted by Gasteiger charge is -2.16. The highest BCUT2D eigenvalue weighted by Gasteiger charge is 2.17. The van der Waals surface area contributed by atoms with Gasteiger partial charge in [0.25, 0.3) is 5.91 Å². The maximum absolute atomic E-state index is 13.0. The average Bonchev–Trinajstić information content (AvgIpc) is 2.50. The number of carbonyl (C=O) groups is 2. The monoisotopic (exact) mass is 335 g/mol. The molecule has 1 atom stereocenters. The molecular formula is C17H15ClFNO3. The number of nitrogens with one attached hydrogen (secondary N) is 1. The summed E-state index contributed by atoms with van der Waals surface area (Å²) >= 11 is 5.86. The van der Waals surface area contributed by atoms with Gasteiger partial charge >= 0.3 is 0 Å². The van der Waals surface area contributed by atoms with Crippen molar-refractivity contribution < 1.29 is 18.7 Å². The summed E-state index contributed by atoms with van der Waals surface area (Å²) < 4.78 is 18.4. The first-order valence-electron chi connectivity index (χ1n) is 6.90. The van der Waals surface area contributed by atoms with Crippen molar-refractivity contribution in [2.45, 2.75) is 20.0 Å². The van der Waals surface area contributed by atoms with E-state index in [0.29, 0.717) is 11.3 Å². The van der Waals surface area contributed by atoms with Crippen LogP contribution in [0.25, 0.3) is 0 Å². The van der Waals surface area contributed by atoms with Gasteiger partial charge in [-0.2, -0.15) is 0 Å². The SMILES string of the molecule is CC(=O)c1cccc(NC(=O)C(C)Oc2ccc(F)cc2Cl)c1. The molecular weight excluding hydrogens is 321 g/mol. The summed E-state index contributed by atoms with van der Waals surface area (Å²) in [7, 11) is 0. The van der Waals surface area contributed by atoms with Crippen molar-refractivity contribution in [2.24, 2.45) is 0 Å². The van der Waals surface area contributed by atoms with Crippen LogP contribution in [0, 0.1) is 5.82 Å². The average molecular weight is 336 g/mol. The maximum Gasteiger partial charge on any atom is 0.265 e. The molecule has 0 aliphatic heterocycles. The number of anilines is 1. The van der Waals surface area contributed by atoms with Gasteiger partial charge in [0.05, 0.1) is 5.02 Å². The molecule has 1 amide bonds. The molecule has 2 rings (SSSR count). The number of rotatable bonds is 5. The zero-order valence-corrected chi connectivity index (χ0v) is 13.4. The number of carbonyl (C=O) groups excluding carboxylic acids is 2. The van der Waals surface area contributed by atoms with E-state index in [-0.39, 0.29) is 16.6 Å². The van der Waals surface area contributed by atoms with Crippen LogP contribution in [0.15, 0.2) is 42.5 Å². The second kappa shape index (κ2) is 7.24. The Balaban J connectivity index is 2.05. The number of Topliss-reactive ketones (excluding diaryl/α,β-unsaturated/α-hetero) is 1. The topological polar surface area (TPSA) is 55.4 Å². The molecule has 1 N–H and O–H groups in total. The minimum atomic E-state index is -0.848. The summed E-state index contributed by atoms with van der Waals surface area (Å²) in [5.74, 6) is -0.775. The van der Waals surface area contributed by atoms with Crippen LogP contribution in [0.4, 0.5) is 10.1 Å². The van der Waals surface area contributed by atoms with Crippen LogP contribution < -0.4 is 10.1 Å². The molecule has 0 heterocycles. The van der Waals surface area contributed by atoms with Gasteiger partial charge in [0.1, 0.15) is 11.6 Å². The van der Waals surface area contributed by atoms with E-state index in [1.807, 2.05) is 0 Å². The van der Waals surface area contributed by atoms with Crippen molar-refractivity contribution in [1.29, 1.82) is 0 Å². The lowest BCUT2D eigenvalue weighted by Crippen LogP contribution is -2.30. The first-order chi connectivity index (χ1) is 10.9. The summed E-state index contributed by atoms with van der Waals surface area (Å²) in [4.78, 5) is 23.5. The highest BCUT2D eigenvalue weighted by molar-refractivity contribution is 6.32. The van der Waals surface area contributed by atoms with Gasteiger partial charge in [0.15, 0.2) is 11.9 Å². The third kappa shape index (κ3) is 4.53. The first kappa shape index (κ1) is 17.0. The number of hydrogen-bond acceptors (Lipinski definition) is 3. The van der Waals surface area contributed by atoms with Gasteiger partial charge < -0.3 is 10.1 Å². The van der Waals surface area contributed by atoms with Crippen molar-refractivity contribution in [2.75, 3.05) is 5.32 Å². The number of halogens is 2. The van der Waals surface area contributed by atoms with E-state index in [0.717, 1.165) is 6.07 Å².